The summed E-state index contributed by atoms with van der Waals surface area (Å²) in [7, 11) is 0. The van der Waals surface area contributed by atoms with Crippen LogP contribution in [0.15, 0.2) is 18.2 Å². The number of ether oxygens (including phenoxy) is 3. The summed E-state index contributed by atoms with van der Waals surface area (Å²) < 4.78 is 15.9. The Bertz CT molecular complexity index is 683. The first-order chi connectivity index (χ1) is 15.0. The molecule has 0 unspecified atom stereocenters. The molecule has 0 aliphatic heterocycles. The monoisotopic (exact) mass is 434 g/mol. The van der Waals surface area contributed by atoms with E-state index in [1.165, 1.54) is 18.2 Å². The van der Waals surface area contributed by atoms with E-state index in [-0.39, 0.29) is 23.3 Å². The van der Waals surface area contributed by atoms with Gasteiger partial charge in [0.05, 0.1) is 36.5 Å². The third kappa shape index (κ3) is 10.5. The fraction of sp³-hybridized carbons (Fsp3) is 0.640. The highest BCUT2D eigenvalue weighted by Crippen LogP contribution is 2.17. The van der Waals surface area contributed by atoms with Gasteiger partial charge in [-0.1, -0.05) is 65.7 Å². The van der Waals surface area contributed by atoms with Gasteiger partial charge in [0.1, 0.15) is 0 Å². The molecule has 0 radical (unpaired) electrons. The lowest BCUT2D eigenvalue weighted by Crippen LogP contribution is -2.17. The Morgan fingerprint density at radius 1 is 0.581 bits per heavy atom. The van der Waals surface area contributed by atoms with Gasteiger partial charge in [-0.25, -0.2) is 14.4 Å². The first-order valence-corrected chi connectivity index (χ1v) is 11.7. The van der Waals surface area contributed by atoms with Gasteiger partial charge in [0.15, 0.2) is 0 Å². The van der Waals surface area contributed by atoms with Crippen LogP contribution < -0.4 is 0 Å². The third-order valence-corrected chi connectivity index (χ3v) is 4.89. The highest BCUT2D eigenvalue weighted by molar-refractivity contribution is 6.05. The van der Waals surface area contributed by atoms with Crippen LogP contribution in [0.4, 0.5) is 0 Å². The van der Waals surface area contributed by atoms with Crippen LogP contribution in [0.2, 0.25) is 0 Å². The molecule has 0 N–H and O–H groups in total. The zero-order chi connectivity index (χ0) is 22.9. The number of carbonyl (C=O) groups excluding carboxylic acids is 3. The van der Waals surface area contributed by atoms with E-state index in [2.05, 4.69) is 13.8 Å². The standard InChI is InChI=1S/C25H38O6/c1-4-7-10-12-17-29-23(26)20-14-15-21(24(27)31-18-13-11-8-5-2)22(19-20)25(28)30-16-9-6-3/h14-15,19H,4-13,16-18H2,1-3H3. The smallest absolute Gasteiger partial charge is 0.339 e. The summed E-state index contributed by atoms with van der Waals surface area (Å²) in [6.07, 6.45) is 9.55. The van der Waals surface area contributed by atoms with Crippen molar-refractivity contribution in [3.8, 4) is 0 Å². The van der Waals surface area contributed by atoms with Crippen molar-refractivity contribution in [3.63, 3.8) is 0 Å². The maximum Gasteiger partial charge on any atom is 0.339 e. The second-order valence-corrected chi connectivity index (χ2v) is 7.64. The molecule has 1 aromatic carbocycles. The number of esters is 3. The number of carbonyl (C=O) groups is 3. The van der Waals surface area contributed by atoms with Gasteiger partial charge in [-0.05, 0) is 37.5 Å². The third-order valence-electron chi connectivity index (χ3n) is 4.89. The molecule has 0 spiro atoms. The summed E-state index contributed by atoms with van der Waals surface area (Å²) in [4.78, 5) is 37.5. The highest BCUT2D eigenvalue weighted by Gasteiger charge is 2.22. The van der Waals surface area contributed by atoms with E-state index in [4.69, 9.17) is 14.2 Å². The van der Waals surface area contributed by atoms with Crippen LogP contribution in [0.5, 0.6) is 0 Å². The second-order valence-electron chi connectivity index (χ2n) is 7.64. The second kappa shape index (κ2) is 16.3. The van der Waals surface area contributed by atoms with Crippen molar-refractivity contribution in [2.24, 2.45) is 0 Å². The molecule has 1 aromatic rings. The van der Waals surface area contributed by atoms with Crippen molar-refractivity contribution in [1.29, 1.82) is 0 Å². The van der Waals surface area contributed by atoms with Crippen LogP contribution in [-0.4, -0.2) is 37.7 Å². The molecular formula is C25H38O6. The maximum absolute atomic E-state index is 12.6. The SMILES string of the molecule is CCCCCCOC(=O)c1ccc(C(=O)OCCCCCC)c(C(=O)OCCCC)c1. The number of hydrogen-bond donors (Lipinski definition) is 0. The van der Waals surface area contributed by atoms with E-state index in [1.54, 1.807) is 0 Å². The van der Waals surface area contributed by atoms with E-state index in [1.807, 2.05) is 6.92 Å². The molecule has 6 nitrogen and oxygen atoms in total. The summed E-state index contributed by atoms with van der Waals surface area (Å²) >= 11 is 0. The minimum absolute atomic E-state index is 0.0371. The molecule has 0 fully saturated rings. The van der Waals surface area contributed by atoms with E-state index in [9.17, 15) is 14.4 Å². The van der Waals surface area contributed by atoms with Crippen LogP contribution in [0.1, 0.15) is 116 Å². The van der Waals surface area contributed by atoms with Crippen LogP contribution >= 0.6 is 0 Å². The molecule has 0 heterocycles. The van der Waals surface area contributed by atoms with Crippen molar-refractivity contribution >= 4 is 17.9 Å². The van der Waals surface area contributed by atoms with Crippen LogP contribution in [0.25, 0.3) is 0 Å². The van der Waals surface area contributed by atoms with E-state index in [0.29, 0.717) is 13.2 Å². The molecule has 0 aliphatic rings. The lowest BCUT2D eigenvalue weighted by atomic mass is 10.0. The Labute approximate surface area is 186 Å². The van der Waals surface area contributed by atoms with Gasteiger partial charge in [-0.2, -0.15) is 0 Å². The van der Waals surface area contributed by atoms with Gasteiger partial charge in [0, 0.05) is 0 Å². The predicted molar refractivity (Wildman–Crippen MR) is 120 cm³/mol. The minimum Gasteiger partial charge on any atom is -0.462 e. The number of benzene rings is 1. The Balaban J connectivity index is 2.86. The molecule has 0 atom stereocenters. The maximum atomic E-state index is 12.6. The molecule has 31 heavy (non-hydrogen) atoms. The summed E-state index contributed by atoms with van der Waals surface area (Å²) in [6, 6.07) is 4.31. The molecule has 6 heteroatoms. The zero-order valence-corrected chi connectivity index (χ0v) is 19.4. The minimum atomic E-state index is -0.635. The zero-order valence-electron chi connectivity index (χ0n) is 19.4. The Morgan fingerprint density at radius 3 is 1.61 bits per heavy atom. The number of unbranched alkanes of at least 4 members (excludes halogenated alkanes) is 7. The quantitative estimate of drug-likeness (QED) is 0.177. The van der Waals surface area contributed by atoms with Crippen molar-refractivity contribution in [1.82, 2.24) is 0 Å². The fourth-order valence-corrected chi connectivity index (χ4v) is 2.95. The van der Waals surface area contributed by atoms with Crippen LogP contribution in [-0.2, 0) is 14.2 Å². The number of rotatable bonds is 16. The first-order valence-electron chi connectivity index (χ1n) is 11.7. The molecule has 0 bridgehead atoms. The summed E-state index contributed by atoms with van der Waals surface area (Å²) in [6.45, 7) is 7.10. The normalized spacial score (nSPS) is 10.5. The predicted octanol–water partition coefficient (Wildman–Crippen LogP) is 6.12. The summed E-state index contributed by atoms with van der Waals surface area (Å²) in [5, 5.41) is 0. The average molecular weight is 435 g/mol. The van der Waals surface area contributed by atoms with Crippen molar-refractivity contribution in [2.75, 3.05) is 19.8 Å². The van der Waals surface area contributed by atoms with E-state index < -0.39 is 17.9 Å². The van der Waals surface area contributed by atoms with Crippen LogP contribution in [0, 0.1) is 0 Å². The molecular weight excluding hydrogens is 396 g/mol. The van der Waals surface area contributed by atoms with E-state index in [0.717, 1.165) is 64.2 Å². The van der Waals surface area contributed by atoms with Crippen molar-refractivity contribution in [3.05, 3.63) is 34.9 Å². The highest BCUT2D eigenvalue weighted by atomic mass is 16.5. The molecule has 174 valence electrons. The van der Waals surface area contributed by atoms with Gasteiger partial charge < -0.3 is 14.2 Å². The Morgan fingerprint density at radius 2 is 1.06 bits per heavy atom. The fourth-order valence-electron chi connectivity index (χ4n) is 2.95. The van der Waals surface area contributed by atoms with Crippen molar-refractivity contribution in [2.45, 2.75) is 85.0 Å². The van der Waals surface area contributed by atoms with Gasteiger partial charge in [0.25, 0.3) is 0 Å². The summed E-state index contributed by atoms with van der Waals surface area (Å²) in [5.74, 6) is -1.74. The molecule has 0 saturated heterocycles. The largest absolute Gasteiger partial charge is 0.462 e. The molecule has 0 aromatic heterocycles. The lowest BCUT2D eigenvalue weighted by molar-refractivity contribution is 0.0448. The molecule has 0 saturated carbocycles. The molecule has 0 aliphatic carbocycles. The number of hydrogen-bond acceptors (Lipinski definition) is 6. The van der Waals surface area contributed by atoms with Crippen LogP contribution in [0.3, 0.4) is 0 Å². The van der Waals surface area contributed by atoms with Gasteiger partial charge in [-0.3, -0.25) is 0 Å². The van der Waals surface area contributed by atoms with Gasteiger partial charge in [-0.15, -0.1) is 0 Å². The van der Waals surface area contributed by atoms with Crippen molar-refractivity contribution < 1.29 is 28.6 Å². The van der Waals surface area contributed by atoms with Gasteiger partial charge >= 0.3 is 17.9 Å². The lowest BCUT2D eigenvalue weighted by Gasteiger charge is -2.12. The van der Waals surface area contributed by atoms with E-state index >= 15 is 0 Å². The molecule has 0 amide bonds. The molecule has 1 rings (SSSR count). The first kappa shape index (κ1) is 26.7. The Kier molecular flexibility index (Phi) is 14.1. The topological polar surface area (TPSA) is 78.9 Å². The van der Waals surface area contributed by atoms with Gasteiger partial charge in [0.2, 0.25) is 0 Å². The summed E-state index contributed by atoms with van der Waals surface area (Å²) in [5.41, 5.74) is 0.365. The average Bonchev–Trinajstić information content (AvgIpc) is 2.78. The Hall–Kier alpha value is -2.37.